The van der Waals surface area contributed by atoms with E-state index in [2.05, 4.69) is 49.6 Å². The third-order valence-electron chi connectivity index (χ3n) is 5.11. The number of hydrogen-bond acceptors (Lipinski definition) is 6. The van der Waals surface area contributed by atoms with Gasteiger partial charge >= 0.3 is 0 Å². The summed E-state index contributed by atoms with van der Waals surface area (Å²) in [4.78, 5) is 4.89. The second-order valence-electron chi connectivity index (χ2n) is 6.99. The zero-order chi connectivity index (χ0) is 16.9. The highest BCUT2D eigenvalue weighted by atomic mass is 16.5. The minimum absolute atomic E-state index is 0.675. The van der Waals surface area contributed by atoms with E-state index in [-0.39, 0.29) is 0 Å². The third-order valence-corrected chi connectivity index (χ3v) is 5.11. The van der Waals surface area contributed by atoms with Gasteiger partial charge < -0.3 is 9.64 Å². The molecule has 2 fully saturated rings. The number of tetrazole rings is 1. The largest absolute Gasteiger partial charge is 0.379 e. The number of rotatable bonds is 5. The second kappa shape index (κ2) is 7.93. The fourth-order valence-corrected chi connectivity index (χ4v) is 3.83. The standard InChI is InChI=1S/C18H26N6O/c1-2-5-16(6-3-1)15-24-18(19-20-21-24)23-8-4-7-17(14-23)13-22-9-11-25-12-10-22/h1-3,5-6,17H,4,7-15H2/t17-/m1/s1. The van der Waals surface area contributed by atoms with Crippen molar-refractivity contribution in [1.82, 2.24) is 25.1 Å². The lowest BCUT2D eigenvalue weighted by Crippen LogP contribution is -2.45. The Hall–Kier alpha value is -1.99. The Balaban J connectivity index is 1.40. The van der Waals surface area contributed by atoms with Crippen molar-refractivity contribution in [2.75, 3.05) is 50.8 Å². The van der Waals surface area contributed by atoms with Crippen LogP contribution in [0.1, 0.15) is 18.4 Å². The van der Waals surface area contributed by atoms with Gasteiger partial charge in [0, 0.05) is 32.7 Å². The topological polar surface area (TPSA) is 59.3 Å². The van der Waals surface area contributed by atoms with Crippen LogP contribution in [-0.2, 0) is 11.3 Å². The summed E-state index contributed by atoms with van der Waals surface area (Å²) in [6.07, 6.45) is 2.49. The Kier molecular flexibility index (Phi) is 5.22. The average Bonchev–Trinajstić information content (AvgIpc) is 3.12. The maximum absolute atomic E-state index is 5.46. The highest BCUT2D eigenvalue weighted by molar-refractivity contribution is 5.30. The summed E-state index contributed by atoms with van der Waals surface area (Å²) in [6, 6.07) is 10.4. The molecule has 1 aromatic heterocycles. The van der Waals surface area contributed by atoms with E-state index in [4.69, 9.17) is 4.74 Å². The Labute approximate surface area is 148 Å². The number of hydrogen-bond donors (Lipinski definition) is 0. The van der Waals surface area contributed by atoms with E-state index in [0.29, 0.717) is 12.5 Å². The van der Waals surface area contributed by atoms with Crippen molar-refractivity contribution in [1.29, 1.82) is 0 Å². The zero-order valence-electron chi connectivity index (χ0n) is 14.6. The van der Waals surface area contributed by atoms with Crippen molar-refractivity contribution in [3.63, 3.8) is 0 Å². The first-order valence-electron chi connectivity index (χ1n) is 9.23. The molecule has 7 heteroatoms. The monoisotopic (exact) mass is 342 g/mol. The highest BCUT2D eigenvalue weighted by Gasteiger charge is 2.26. The number of anilines is 1. The van der Waals surface area contributed by atoms with Crippen LogP contribution in [0.3, 0.4) is 0 Å². The van der Waals surface area contributed by atoms with Gasteiger partial charge in [0.05, 0.1) is 19.8 Å². The average molecular weight is 342 g/mol. The van der Waals surface area contributed by atoms with Gasteiger partial charge in [0.2, 0.25) is 5.95 Å². The lowest BCUT2D eigenvalue weighted by atomic mass is 9.97. The van der Waals surface area contributed by atoms with Crippen molar-refractivity contribution in [3.05, 3.63) is 35.9 Å². The van der Waals surface area contributed by atoms with Crippen molar-refractivity contribution in [2.45, 2.75) is 19.4 Å². The van der Waals surface area contributed by atoms with Crippen LogP contribution < -0.4 is 4.90 Å². The molecule has 2 aromatic rings. The van der Waals surface area contributed by atoms with Crippen LogP contribution in [-0.4, -0.2) is 71.0 Å². The number of benzene rings is 1. The molecule has 0 aliphatic carbocycles. The van der Waals surface area contributed by atoms with Gasteiger partial charge in [-0.1, -0.05) is 35.4 Å². The molecule has 2 aliphatic heterocycles. The molecule has 1 aromatic carbocycles. The van der Waals surface area contributed by atoms with Crippen molar-refractivity contribution < 1.29 is 4.74 Å². The minimum Gasteiger partial charge on any atom is -0.379 e. The maximum Gasteiger partial charge on any atom is 0.245 e. The van der Waals surface area contributed by atoms with Gasteiger partial charge in [0.25, 0.3) is 0 Å². The van der Waals surface area contributed by atoms with E-state index >= 15 is 0 Å². The molecule has 0 amide bonds. The minimum atomic E-state index is 0.675. The van der Waals surface area contributed by atoms with Gasteiger partial charge in [-0.2, -0.15) is 0 Å². The van der Waals surface area contributed by atoms with Gasteiger partial charge in [0.15, 0.2) is 0 Å². The van der Waals surface area contributed by atoms with E-state index in [0.717, 1.165) is 51.9 Å². The van der Waals surface area contributed by atoms with Crippen molar-refractivity contribution in [3.8, 4) is 0 Å². The smallest absolute Gasteiger partial charge is 0.245 e. The molecule has 0 saturated carbocycles. The lowest BCUT2D eigenvalue weighted by molar-refractivity contribution is 0.0296. The van der Waals surface area contributed by atoms with Crippen LogP contribution in [0.25, 0.3) is 0 Å². The van der Waals surface area contributed by atoms with E-state index in [1.165, 1.54) is 18.4 Å². The van der Waals surface area contributed by atoms with Gasteiger partial charge in [-0.15, -0.1) is 0 Å². The van der Waals surface area contributed by atoms with Crippen LogP contribution in [0.2, 0.25) is 0 Å². The molecule has 0 radical (unpaired) electrons. The first-order chi connectivity index (χ1) is 12.4. The molecule has 0 N–H and O–H groups in total. The van der Waals surface area contributed by atoms with Gasteiger partial charge in [-0.25, -0.2) is 4.68 Å². The summed E-state index contributed by atoms with van der Waals surface area (Å²) >= 11 is 0. The molecule has 0 spiro atoms. The first-order valence-corrected chi connectivity index (χ1v) is 9.23. The zero-order valence-corrected chi connectivity index (χ0v) is 14.6. The van der Waals surface area contributed by atoms with Gasteiger partial charge in [-0.3, -0.25) is 4.90 Å². The summed E-state index contributed by atoms with van der Waals surface area (Å²) in [5.41, 5.74) is 1.22. The molecular weight excluding hydrogens is 316 g/mol. The number of nitrogens with zero attached hydrogens (tertiary/aromatic N) is 6. The fourth-order valence-electron chi connectivity index (χ4n) is 3.83. The first kappa shape index (κ1) is 16.5. The Morgan fingerprint density at radius 2 is 1.92 bits per heavy atom. The summed E-state index contributed by atoms with van der Waals surface area (Å²) in [6.45, 7) is 7.79. The number of aromatic nitrogens is 4. The molecule has 1 atom stereocenters. The number of piperidine rings is 1. The molecule has 7 nitrogen and oxygen atoms in total. The molecule has 4 rings (SSSR count). The summed E-state index contributed by atoms with van der Waals surface area (Å²) in [5.74, 6) is 1.57. The maximum atomic E-state index is 5.46. The van der Waals surface area contributed by atoms with Gasteiger partial charge in [-0.05, 0) is 34.7 Å². The SMILES string of the molecule is c1ccc(Cn2nnnc2N2CCC[C@H](CN3CCOCC3)C2)cc1. The van der Waals surface area contributed by atoms with Crippen LogP contribution in [0.5, 0.6) is 0 Å². The van der Waals surface area contributed by atoms with Crippen LogP contribution in [0.4, 0.5) is 5.95 Å². The molecule has 2 aliphatic rings. The number of ether oxygens (including phenoxy) is 1. The molecule has 0 unspecified atom stereocenters. The predicted molar refractivity (Wildman–Crippen MR) is 95.6 cm³/mol. The van der Waals surface area contributed by atoms with E-state index in [9.17, 15) is 0 Å². The van der Waals surface area contributed by atoms with Crippen LogP contribution >= 0.6 is 0 Å². The van der Waals surface area contributed by atoms with E-state index < -0.39 is 0 Å². The summed E-state index contributed by atoms with van der Waals surface area (Å²) in [7, 11) is 0. The number of morpholine rings is 1. The fraction of sp³-hybridized carbons (Fsp3) is 0.611. The van der Waals surface area contributed by atoms with Crippen LogP contribution in [0.15, 0.2) is 30.3 Å². The Morgan fingerprint density at radius 1 is 1.08 bits per heavy atom. The second-order valence-corrected chi connectivity index (χ2v) is 6.99. The predicted octanol–water partition coefficient (Wildman–Crippen LogP) is 1.27. The third kappa shape index (κ3) is 4.16. The van der Waals surface area contributed by atoms with E-state index in [1.807, 2.05) is 10.7 Å². The summed E-state index contributed by atoms with van der Waals surface area (Å²) < 4.78 is 7.38. The molecular formula is C18H26N6O. The summed E-state index contributed by atoms with van der Waals surface area (Å²) in [5, 5.41) is 12.5. The quantitative estimate of drug-likeness (QED) is 0.816. The molecule has 25 heavy (non-hydrogen) atoms. The molecule has 2 saturated heterocycles. The van der Waals surface area contributed by atoms with Crippen LogP contribution in [0, 0.1) is 5.92 Å². The van der Waals surface area contributed by atoms with E-state index in [1.54, 1.807) is 0 Å². The van der Waals surface area contributed by atoms with Gasteiger partial charge in [0.1, 0.15) is 0 Å². The normalized spacial score (nSPS) is 22.2. The highest BCUT2D eigenvalue weighted by Crippen LogP contribution is 2.22. The van der Waals surface area contributed by atoms with Crippen molar-refractivity contribution in [2.24, 2.45) is 5.92 Å². The lowest BCUT2D eigenvalue weighted by Gasteiger charge is -2.36. The van der Waals surface area contributed by atoms with Crippen molar-refractivity contribution >= 4 is 5.95 Å². The Morgan fingerprint density at radius 3 is 2.76 bits per heavy atom. The molecule has 3 heterocycles. The molecule has 0 bridgehead atoms. The molecule has 134 valence electrons. The Bertz CT molecular complexity index is 655.